The smallest absolute Gasteiger partial charge is 0.147 e. The molecule has 94 valence electrons. The van der Waals surface area contributed by atoms with Crippen LogP contribution >= 0.6 is 0 Å². The number of nitrogen functional groups attached to an aromatic ring is 1. The molecule has 0 saturated carbocycles. The van der Waals surface area contributed by atoms with E-state index in [0.29, 0.717) is 17.7 Å². The largest absolute Gasteiger partial charge is 0.382 e. The molecule has 0 fully saturated rings. The quantitative estimate of drug-likeness (QED) is 0.600. The third kappa shape index (κ3) is 3.69. The van der Waals surface area contributed by atoms with Crippen LogP contribution in [-0.4, -0.2) is 28.4 Å². The van der Waals surface area contributed by atoms with Gasteiger partial charge in [-0.2, -0.15) is 0 Å². The van der Waals surface area contributed by atoms with Crippen LogP contribution in [0, 0.1) is 11.3 Å². The molecule has 0 bridgehead atoms. The molecule has 0 aromatic carbocycles. The number of amidine groups is 1. The summed E-state index contributed by atoms with van der Waals surface area (Å²) in [6.07, 6.45) is 3.23. The first kappa shape index (κ1) is 13.4. The lowest BCUT2D eigenvalue weighted by Crippen LogP contribution is -2.35. The average Bonchev–Trinajstić information content (AvgIpc) is 2.25. The highest BCUT2D eigenvalue weighted by Crippen LogP contribution is 2.14. The highest BCUT2D eigenvalue weighted by atomic mass is 15.2. The van der Waals surface area contributed by atoms with E-state index < -0.39 is 0 Å². The molecule has 0 atom stereocenters. The Morgan fingerprint density at radius 1 is 1.29 bits per heavy atom. The number of nitrogens with zero attached hydrogens (tertiary/aromatic N) is 3. The molecule has 0 aliphatic heterocycles. The Labute approximate surface area is 103 Å². The molecule has 5 nitrogen and oxygen atoms in total. The van der Waals surface area contributed by atoms with Gasteiger partial charge in [0.1, 0.15) is 17.3 Å². The van der Waals surface area contributed by atoms with E-state index in [-0.39, 0.29) is 5.84 Å². The highest BCUT2D eigenvalue weighted by molar-refractivity contribution is 5.92. The van der Waals surface area contributed by atoms with Crippen molar-refractivity contribution < 1.29 is 0 Å². The fourth-order valence-electron chi connectivity index (χ4n) is 1.57. The van der Waals surface area contributed by atoms with Crippen LogP contribution < -0.4 is 10.6 Å². The maximum Gasteiger partial charge on any atom is 0.147 e. The van der Waals surface area contributed by atoms with Gasteiger partial charge in [0.15, 0.2) is 0 Å². The van der Waals surface area contributed by atoms with Crippen molar-refractivity contribution in [3.63, 3.8) is 0 Å². The molecule has 0 unspecified atom stereocenters. The molecule has 17 heavy (non-hydrogen) atoms. The molecule has 0 spiro atoms. The zero-order valence-corrected chi connectivity index (χ0v) is 10.9. The Morgan fingerprint density at radius 3 is 2.29 bits per heavy atom. The summed E-state index contributed by atoms with van der Waals surface area (Å²) in [5.74, 6) is 1.34. The molecule has 1 rings (SSSR count). The van der Waals surface area contributed by atoms with Gasteiger partial charge in [0.2, 0.25) is 0 Å². The van der Waals surface area contributed by atoms with Crippen molar-refractivity contribution in [2.45, 2.75) is 33.7 Å². The van der Waals surface area contributed by atoms with Gasteiger partial charge in [0.05, 0.1) is 12.4 Å². The lowest BCUT2D eigenvalue weighted by atomic mass is 10.2. The number of rotatable bonds is 5. The second-order valence-electron chi connectivity index (χ2n) is 4.81. The maximum absolute atomic E-state index is 7.27. The molecule has 5 heteroatoms. The summed E-state index contributed by atoms with van der Waals surface area (Å²) in [4.78, 5) is 10.6. The van der Waals surface area contributed by atoms with E-state index in [1.807, 2.05) is 0 Å². The minimum Gasteiger partial charge on any atom is -0.382 e. The van der Waals surface area contributed by atoms with E-state index in [4.69, 9.17) is 11.1 Å². The van der Waals surface area contributed by atoms with Crippen LogP contribution in [0.3, 0.4) is 0 Å². The summed E-state index contributed by atoms with van der Waals surface area (Å²) in [6, 6.07) is 0.370. The molecule has 0 aliphatic carbocycles. The predicted molar refractivity (Wildman–Crippen MR) is 70.4 cm³/mol. The van der Waals surface area contributed by atoms with E-state index in [0.717, 1.165) is 12.4 Å². The van der Waals surface area contributed by atoms with E-state index >= 15 is 0 Å². The van der Waals surface area contributed by atoms with Crippen molar-refractivity contribution in [3.05, 3.63) is 18.1 Å². The summed E-state index contributed by atoms with van der Waals surface area (Å²) in [7, 11) is 0. The lowest BCUT2D eigenvalue weighted by Gasteiger charge is -2.29. The second kappa shape index (κ2) is 5.61. The van der Waals surface area contributed by atoms with Crippen molar-refractivity contribution in [2.24, 2.45) is 11.7 Å². The van der Waals surface area contributed by atoms with Gasteiger partial charge < -0.3 is 10.6 Å². The first-order chi connectivity index (χ1) is 7.91. The number of nitrogens with one attached hydrogen (secondary N) is 1. The Morgan fingerprint density at radius 2 is 1.94 bits per heavy atom. The molecular weight excluding hydrogens is 214 g/mol. The summed E-state index contributed by atoms with van der Waals surface area (Å²) in [5.41, 5.74) is 5.77. The first-order valence-electron chi connectivity index (χ1n) is 5.85. The standard InChI is InChI=1S/C12H21N5/c1-8(2)7-17(9(3)4)11-6-15-10(5-16-11)12(13)14/h5-6,8-9H,7H2,1-4H3,(H3,13,14). The van der Waals surface area contributed by atoms with Crippen molar-refractivity contribution >= 4 is 11.7 Å². The monoisotopic (exact) mass is 235 g/mol. The highest BCUT2D eigenvalue weighted by Gasteiger charge is 2.14. The van der Waals surface area contributed by atoms with E-state index in [1.54, 1.807) is 12.4 Å². The number of nitrogens with two attached hydrogens (primary N) is 1. The summed E-state index contributed by atoms with van der Waals surface area (Å²) >= 11 is 0. The molecule has 3 N–H and O–H groups in total. The first-order valence-corrected chi connectivity index (χ1v) is 5.85. The molecule has 1 aromatic rings. The van der Waals surface area contributed by atoms with Crippen molar-refractivity contribution in [3.8, 4) is 0 Å². The number of hydrogen-bond acceptors (Lipinski definition) is 4. The minimum absolute atomic E-state index is 0.0518. The zero-order chi connectivity index (χ0) is 13.0. The van der Waals surface area contributed by atoms with Gasteiger partial charge in [-0.1, -0.05) is 13.8 Å². The van der Waals surface area contributed by atoms with Crippen LogP contribution in [0.15, 0.2) is 12.4 Å². The van der Waals surface area contributed by atoms with Gasteiger partial charge in [0, 0.05) is 12.6 Å². The Balaban J connectivity index is 2.91. The van der Waals surface area contributed by atoms with Crippen LogP contribution in [0.1, 0.15) is 33.4 Å². The zero-order valence-electron chi connectivity index (χ0n) is 10.9. The fraction of sp³-hybridized carbons (Fsp3) is 0.583. The van der Waals surface area contributed by atoms with Gasteiger partial charge in [-0.05, 0) is 19.8 Å². The normalized spacial score (nSPS) is 10.9. The van der Waals surface area contributed by atoms with E-state index in [2.05, 4.69) is 42.6 Å². The molecule has 1 aromatic heterocycles. The molecule has 0 saturated heterocycles. The van der Waals surface area contributed by atoms with E-state index in [1.165, 1.54) is 0 Å². The Bertz CT molecular complexity index is 369. The van der Waals surface area contributed by atoms with Crippen LogP contribution in [0.5, 0.6) is 0 Å². The number of aromatic nitrogens is 2. The Hall–Kier alpha value is -1.65. The fourth-order valence-corrected chi connectivity index (χ4v) is 1.57. The lowest BCUT2D eigenvalue weighted by molar-refractivity contribution is 0.565. The minimum atomic E-state index is -0.0518. The molecule has 0 aliphatic rings. The molecular formula is C12H21N5. The van der Waals surface area contributed by atoms with Gasteiger partial charge in [-0.3, -0.25) is 5.41 Å². The third-order valence-corrected chi connectivity index (χ3v) is 2.39. The van der Waals surface area contributed by atoms with Crippen molar-refractivity contribution in [1.82, 2.24) is 9.97 Å². The van der Waals surface area contributed by atoms with Crippen molar-refractivity contribution in [2.75, 3.05) is 11.4 Å². The summed E-state index contributed by atoms with van der Waals surface area (Å²) in [5, 5.41) is 7.27. The van der Waals surface area contributed by atoms with Crippen LogP contribution in [0.2, 0.25) is 0 Å². The van der Waals surface area contributed by atoms with Crippen LogP contribution in [0.25, 0.3) is 0 Å². The molecule has 0 radical (unpaired) electrons. The van der Waals surface area contributed by atoms with Crippen LogP contribution in [-0.2, 0) is 0 Å². The predicted octanol–water partition coefficient (Wildman–Crippen LogP) is 1.63. The topological polar surface area (TPSA) is 78.9 Å². The summed E-state index contributed by atoms with van der Waals surface area (Å²) in [6.45, 7) is 9.54. The molecule has 1 heterocycles. The number of hydrogen-bond donors (Lipinski definition) is 2. The maximum atomic E-state index is 7.27. The van der Waals surface area contributed by atoms with E-state index in [9.17, 15) is 0 Å². The Kier molecular flexibility index (Phi) is 4.43. The third-order valence-electron chi connectivity index (χ3n) is 2.39. The second-order valence-corrected chi connectivity index (χ2v) is 4.81. The van der Waals surface area contributed by atoms with Crippen molar-refractivity contribution in [1.29, 1.82) is 5.41 Å². The summed E-state index contributed by atoms with van der Waals surface area (Å²) < 4.78 is 0. The SMILES string of the molecule is CC(C)CN(c1cnc(C(=N)N)cn1)C(C)C. The van der Waals surface area contributed by atoms with Gasteiger partial charge in [-0.25, -0.2) is 9.97 Å². The number of anilines is 1. The van der Waals surface area contributed by atoms with Gasteiger partial charge >= 0.3 is 0 Å². The average molecular weight is 235 g/mol. The van der Waals surface area contributed by atoms with Gasteiger partial charge in [0.25, 0.3) is 0 Å². The van der Waals surface area contributed by atoms with Crippen LogP contribution in [0.4, 0.5) is 5.82 Å². The molecule has 0 amide bonds. The van der Waals surface area contributed by atoms with Gasteiger partial charge in [-0.15, -0.1) is 0 Å².